The average molecular weight is 443 g/mol. The second-order valence-electron chi connectivity index (χ2n) is 14.9. The van der Waals surface area contributed by atoms with Gasteiger partial charge >= 0.3 is 0 Å². The Morgan fingerprint density at radius 3 is 2.12 bits per heavy atom. The molecule has 0 saturated heterocycles. The van der Waals surface area contributed by atoms with Crippen molar-refractivity contribution >= 4 is 0 Å². The Hall–Kier alpha value is -0.340. The second-order valence-corrected chi connectivity index (χ2v) is 14.9. The van der Waals surface area contributed by atoms with Crippen molar-refractivity contribution in [3.8, 4) is 0 Å². The van der Waals surface area contributed by atoms with E-state index in [1.165, 1.54) is 56.9 Å². The molecule has 32 heavy (non-hydrogen) atoms. The van der Waals surface area contributed by atoms with Gasteiger partial charge in [0.1, 0.15) is 0 Å². The topological polar surface area (TPSA) is 40.5 Å². The van der Waals surface area contributed by atoms with Crippen LogP contribution >= 0.6 is 0 Å². The largest absolute Gasteiger partial charge is 0.390 e. The molecule has 5 aliphatic carbocycles. The van der Waals surface area contributed by atoms with Crippen molar-refractivity contribution in [3.63, 3.8) is 0 Å². The molecule has 0 aromatic heterocycles. The van der Waals surface area contributed by atoms with Crippen molar-refractivity contribution in [1.82, 2.24) is 0 Å². The lowest BCUT2D eigenvalue weighted by molar-refractivity contribution is -0.262. The van der Waals surface area contributed by atoms with Crippen molar-refractivity contribution in [2.45, 2.75) is 118 Å². The van der Waals surface area contributed by atoms with Crippen LogP contribution in [0.25, 0.3) is 0 Å². The molecule has 0 bridgehead atoms. The van der Waals surface area contributed by atoms with Crippen molar-refractivity contribution in [2.24, 2.45) is 56.7 Å². The van der Waals surface area contributed by atoms with E-state index in [2.05, 4.69) is 55.0 Å². The first-order chi connectivity index (χ1) is 14.7. The van der Waals surface area contributed by atoms with Crippen molar-refractivity contribution in [1.29, 1.82) is 0 Å². The maximum absolute atomic E-state index is 11.0. The normalized spacial score (nSPS) is 58.8. The second kappa shape index (κ2) is 6.87. The van der Waals surface area contributed by atoms with Crippen LogP contribution in [-0.2, 0) is 0 Å². The maximum Gasteiger partial charge on any atom is 0.0852 e. The van der Waals surface area contributed by atoms with E-state index < -0.39 is 12.2 Å². The first-order valence-corrected chi connectivity index (χ1v) is 13.7. The molecule has 0 spiro atoms. The summed E-state index contributed by atoms with van der Waals surface area (Å²) in [5.41, 5.74) is 2.53. The van der Waals surface area contributed by atoms with Gasteiger partial charge in [-0.1, -0.05) is 53.7 Å². The third kappa shape index (κ3) is 2.66. The van der Waals surface area contributed by atoms with Gasteiger partial charge in [-0.2, -0.15) is 0 Å². The van der Waals surface area contributed by atoms with E-state index in [9.17, 15) is 10.2 Å². The minimum Gasteiger partial charge on any atom is -0.390 e. The minimum absolute atomic E-state index is 0.118. The zero-order valence-corrected chi connectivity index (χ0v) is 22.0. The van der Waals surface area contributed by atoms with Crippen LogP contribution in [0.2, 0.25) is 0 Å². The SMILES string of the molecule is C=C(C)[C@@H]1CC[C@]2(C)CC[C@]3(C)[C@H](CC[C@@H]4[C@@]5(C)C[C@H](O)[C@H](O)C(C)(C)[C@@H]5CC[C@]43C)[C@@H]12. The summed E-state index contributed by atoms with van der Waals surface area (Å²) in [4.78, 5) is 0. The van der Waals surface area contributed by atoms with Crippen LogP contribution in [-0.4, -0.2) is 22.4 Å². The maximum atomic E-state index is 11.0. The van der Waals surface area contributed by atoms with Crippen LogP contribution in [0.15, 0.2) is 12.2 Å². The summed E-state index contributed by atoms with van der Waals surface area (Å²) >= 11 is 0. The summed E-state index contributed by atoms with van der Waals surface area (Å²) in [6.07, 6.45) is 10.2. The van der Waals surface area contributed by atoms with Crippen molar-refractivity contribution < 1.29 is 10.2 Å². The fourth-order valence-corrected chi connectivity index (χ4v) is 11.6. The van der Waals surface area contributed by atoms with Crippen LogP contribution in [0.5, 0.6) is 0 Å². The highest BCUT2D eigenvalue weighted by atomic mass is 16.3. The lowest BCUT2D eigenvalue weighted by Crippen LogP contribution is -2.68. The molecule has 5 fully saturated rings. The number of hydrogen-bond acceptors (Lipinski definition) is 2. The highest BCUT2D eigenvalue weighted by molar-refractivity contribution is 5.21. The monoisotopic (exact) mass is 442 g/mol. The molecule has 2 nitrogen and oxygen atoms in total. The molecule has 0 amide bonds. The third-order valence-electron chi connectivity index (χ3n) is 13.4. The molecular weight excluding hydrogens is 392 g/mol. The quantitative estimate of drug-likeness (QED) is 0.429. The molecule has 0 aromatic carbocycles. The highest BCUT2D eigenvalue weighted by Crippen LogP contribution is 2.77. The molecule has 0 aromatic rings. The molecule has 11 atom stereocenters. The Balaban J connectivity index is 1.55. The van der Waals surface area contributed by atoms with Gasteiger partial charge in [-0.3, -0.25) is 0 Å². The van der Waals surface area contributed by atoms with Gasteiger partial charge < -0.3 is 10.2 Å². The molecule has 0 unspecified atom stereocenters. The summed E-state index contributed by atoms with van der Waals surface area (Å²) in [5.74, 6) is 3.46. The van der Waals surface area contributed by atoms with Crippen LogP contribution in [0, 0.1) is 56.7 Å². The number of aliphatic hydroxyl groups is 2. The van der Waals surface area contributed by atoms with Gasteiger partial charge in [0, 0.05) is 0 Å². The van der Waals surface area contributed by atoms with Crippen molar-refractivity contribution in [2.75, 3.05) is 0 Å². The molecule has 0 heterocycles. The van der Waals surface area contributed by atoms with Gasteiger partial charge in [0.15, 0.2) is 0 Å². The number of allylic oxidation sites excluding steroid dienone is 1. The number of fused-ring (bicyclic) bond motifs is 7. The smallest absolute Gasteiger partial charge is 0.0852 e. The van der Waals surface area contributed by atoms with E-state index in [1.807, 2.05) is 0 Å². The number of rotatable bonds is 1. The van der Waals surface area contributed by atoms with E-state index in [1.54, 1.807) is 0 Å². The lowest BCUT2D eigenvalue weighted by atomic mass is 9.32. The van der Waals surface area contributed by atoms with Gasteiger partial charge in [0.2, 0.25) is 0 Å². The zero-order chi connectivity index (χ0) is 23.5. The molecule has 182 valence electrons. The number of hydrogen-bond donors (Lipinski definition) is 2. The first-order valence-electron chi connectivity index (χ1n) is 13.7. The third-order valence-corrected chi connectivity index (χ3v) is 13.4. The predicted molar refractivity (Wildman–Crippen MR) is 132 cm³/mol. The molecule has 5 aliphatic rings. The molecule has 5 saturated carbocycles. The molecule has 2 heteroatoms. The molecule has 5 rings (SSSR count). The standard InChI is InChI=1S/C30H50O2/c1-18(2)19-11-13-27(5)15-16-29(7)20(24(19)27)9-10-23-28(6)17-21(31)25(32)26(3,4)22(28)12-14-30(23,29)8/h19-25,31-32H,1,9-17H2,2-8H3/t19-,20+,21-,22-,23+,24+,25-,27+,28-,29+,30+/m0/s1. The van der Waals surface area contributed by atoms with Crippen LogP contribution in [0.1, 0.15) is 106 Å². The fraction of sp³-hybridized carbons (Fsp3) is 0.933. The summed E-state index contributed by atoms with van der Waals surface area (Å²) in [7, 11) is 0. The van der Waals surface area contributed by atoms with E-state index in [0.29, 0.717) is 34.0 Å². The summed E-state index contributed by atoms with van der Waals surface area (Å²) in [5, 5.41) is 21.9. The first kappa shape index (κ1) is 23.4. The fourth-order valence-electron chi connectivity index (χ4n) is 11.6. The predicted octanol–water partition coefficient (Wildman–Crippen LogP) is 7.00. The molecule has 0 aliphatic heterocycles. The molecular formula is C30H50O2. The van der Waals surface area contributed by atoms with Crippen LogP contribution in [0.3, 0.4) is 0 Å². The van der Waals surface area contributed by atoms with Gasteiger partial charge in [-0.15, -0.1) is 0 Å². The van der Waals surface area contributed by atoms with E-state index in [-0.39, 0.29) is 10.8 Å². The molecule has 0 radical (unpaired) electrons. The van der Waals surface area contributed by atoms with E-state index in [0.717, 1.165) is 18.3 Å². The summed E-state index contributed by atoms with van der Waals surface area (Å²) < 4.78 is 0. The van der Waals surface area contributed by atoms with Gasteiger partial charge in [-0.25, -0.2) is 0 Å². The Bertz CT molecular complexity index is 801. The van der Waals surface area contributed by atoms with Crippen molar-refractivity contribution in [3.05, 3.63) is 12.2 Å². The van der Waals surface area contributed by atoms with E-state index >= 15 is 0 Å². The van der Waals surface area contributed by atoms with Crippen LogP contribution < -0.4 is 0 Å². The van der Waals surface area contributed by atoms with Gasteiger partial charge in [0.25, 0.3) is 0 Å². The van der Waals surface area contributed by atoms with Gasteiger partial charge in [-0.05, 0) is 121 Å². The molecule has 2 N–H and O–H groups in total. The Labute approximate surface area is 197 Å². The summed E-state index contributed by atoms with van der Waals surface area (Å²) in [6, 6.07) is 0. The highest BCUT2D eigenvalue weighted by Gasteiger charge is 2.70. The Morgan fingerprint density at radius 1 is 0.781 bits per heavy atom. The Kier molecular flexibility index (Phi) is 5.02. The lowest BCUT2D eigenvalue weighted by Gasteiger charge is -2.73. The summed E-state index contributed by atoms with van der Waals surface area (Å²) in [6.45, 7) is 21.6. The Morgan fingerprint density at radius 2 is 1.47 bits per heavy atom. The zero-order valence-electron chi connectivity index (χ0n) is 22.0. The van der Waals surface area contributed by atoms with Gasteiger partial charge in [0.05, 0.1) is 12.2 Å². The van der Waals surface area contributed by atoms with E-state index in [4.69, 9.17) is 0 Å². The minimum atomic E-state index is -0.595. The van der Waals surface area contributed by atoms with Crippen LogP contribution in [0.4, 0.5) is 0 Å². The number of aliphatic hydroxyl groups excluding tert-OH is 2. The average Bonchev–Trinajstić information content (AvgIpc) is 3.05.